The van der Waals surface area contributed by atoms with Gasteiger partial charge in [0.2, 0.25) is 11.8 Å². The molecule has 0 unspecified atom stereocenters. The van der Waals surface area contributed by atoms with Crippen LogP contribution in [0.2, 0.25) is 0 Å². The molecule has 2 rings (SSSR count). The molecule has 5 nitrogen and oxygen atoms in total. The van der Waals surface area contributed by atoms with E-state index in [1.165, 1.54) is 6.08 Å². The van der Waals surface area contributed by atoms with Gasteiger partial charge in [-0.1, -0.05) is 12.6 Å². The van der Waals surface area contributed by atoms with Gasteiger partial charge in [0.1, 0.15) is 0 Å². The number of aromatic nitrogens is 1. The fourth-order valence-corrected chi connectivity index (χ4v) is 2.63. The topological polar surface area (TPSA) is 53.5 Å². The summed E-state index contributed by atoms with van der Waals surface area (Å²) in [6.45, 7) is 5.31. The minimum atomic E-state index is -0.0513. The summed E-state index contributed by atoms with van der Waals surface area (Å²) in [6, 6.07) is 3.83. The number of rotatable bonds is 4. The lowest BCUT2D eigenvalue weighted by Gasteiger charge is -2.32. The molecule has 0 atom stereocenters. The molecule has 1 aliphatic heterocycles. The minimum absolute atomic E-state index is 0.000497. The maximum Gasteiger partial charge on any atom is 0.245 e. The van der Waals surface area contributed by atoms with E-state index in [9.17, 15) is 9.59 Å². The SMILES string of the molecule is C=CC(=O)N1CCC(C(=O)N(C)Cc2cccnc2)CC1. The number of hydrogen-bond donors (Lipinski definition) is 0. The van der Waals surface area contributed by atoms with Gasteiger partial charge in [0.15, 0.2) is 0 Å². The Morgan fingerprint density at radius 2 is 2.19 bits per heavy atom. The first-order chi connectivity index (χ1) is 10.1. The van der Waals surface area contributed by atoms with E-state index in [2.05, 4.69) is 11.6 Å². The van der Waals surface area contributed by atoms with Crippen molar-refractivity contribution in [3.63, 3.8) is 0 Å². The second-order valence-corrected chi connectivity index (χ2v) is 5.36. The van der Waals surface area contributed by atoms with Gasteiger partial charge >= 0.3 is 0 Å². The van der Waals surface area contributed by atoms with Gasteiger partial charge in [-0.15, -0.1) is 0 Å². The highest BCUT2D eigenvalue weighted by Crippen LogP contribution is 2.20. The highest BCUT2D eigenvalue weighted by molar-refractivity contribution is 5.87. The monoisotopic (exact) mass is 287 g/mol. The van der Waals surface area contributed by atoms with Crippen molar-refractivity contribution in [1.82, 2.24) is 14.8 Å². The van der Waals surface area contributed by atoms with E-state index in [4.69, 9.17) is 0 Å². The van der Waals surface area contributed by atoms with Crippen molar-refractivity contribution in [2.24, 2.45) is 5.92 Å². The largest absolute Gasteiger partial charge is 0.341 e. The second-order valence-electron chi connectivity index (χ2n) is 5.36. The summed E-state index contributed by atoms with van der Waals surface area (Å²) in [7, 11) is 1.82. The fourth-order valence-electron chi connectivity index (χ4n) is 2.63. The zero-order chi connectivity index (χ0) is 15.2. The molecule has 112 valence electrons. The number of carbonyl (C=O) groups is 2. The summed E-state index contributed by atoms with van der Waals surface area (Å²) in [5.74, 6) is 0.0923. The molecule has 0 spiro atoms. The molecule has 0 bridgehead atoms. The lowest BCUT2D eigenvalue weighted by Crippen LogP contribution is -2.42. The fraction of sp³-hybridized carbons (Fsp3) is 0.438. The van der Waals surface area contributed by atoms with Crippen LogP contribution in [0.5, 0.6) is 0 Å². The van der Waals surface area contributed by atoms with Crippen LogP contribution in [-0.4, -0.2) is 46.7 Å². The van der Waals surface area contributed by atoms with E-state index in [0.29, 0.717) is 19.6 Å². The molecule has 2 heterocycles. The Hall–Kier alpha value is -2.17. The molecule has 0 N–H and O–H groups in total. The summed E-state index contributed by atoms with van der Waals surface area (Å²) in [5, 5.41) is 0. The smallest absolute Gasteiger partial charge is 0.245 e. The number of pyridine rings is 1. The van der Waals surface area contributed by atoms with Crippen molar-refractivity contribution in [3.05, 3.63) is 42.7 Å². The van der Waals surface area contributed by atoms with Crippen molar-refractivity contribution >= 4 is 11.8 Å². The van der Waals surface area contributed by atoms with E-state index in [0.717, 1.165) is 18.4 Å². The van der Waals surface area contributed by atoms with Crippen molar-refractivity contribution in [2.75, 3.05) is 20.1 Å². The number of amides is 2. The van der Waals surface area contributed by atoms with Crippen LogP contribution in [0.4, 0.5) is 0 Å². The molecule has 0 aromatic carbocycles. The van der Waals surface area contributed by atoms with Gasteiger partial charge in [-0.3, -0.25) is 14.6 Å². The van der Waals surface area contributed by atoms with E-state index >= 15 is 0 Å². The Morgan fingerprint density at radius 3 is 2.76 bits per heavy atom. The molecular weight excluding hydrogens is 266 g/mol. The number of piperidine rings is 1. The van der Waals surface area contributed by atoms with Crippen LogP contribution < -0.4 is 0 Å². The lowest BCUT2D eigenvalue weighted by molar-refractivity contribution is -0.138. The van der Waals surface area contributed by atoms with Crippen LogP contribution in [0.1, 0.15) is 18.4 Å². The zero-order valence-electron chi connectivity index (χ0n) is 12.4. The van der Waals surface area contributed by atoms with Gasteiger partial charge in [0.05, 0.1) is 0 Å². The summed E-state index contributed by atoms with van der Waals surface area (Å²) in [5.41, 5.74) is 1.02. The van der Waals surface area contributed by atoms with Gasteiger partial charge in [0, 0.05) is 45.0 Å². The van der Waals surface area contributed by atoms with Crippen LogP contribution in [0, 0.1) is 5.92 Å². The first-order valence-corrected chi connectivity index (χ1v) is 7.17. The van der Waals surface area contributed by atoms with E-state index < -0.39 is 0 Å². The van der Waals surface area contributed by atoms with E-state index in [1.807, 2.05) is 19.2 Å². The highest BCUT2D eigenvalue weighted by atomic mass is 16.2. The number of carbonyl (C=O) groups excluding carboxylic acids is 2. The minimum Gasteiger partial charge on any atom is -0.341 e. The lowest BCUT2D eigenvalue weighted by atomic mass is 9.95. The van der Waals surface area contributed by atoms with Crippen LogP contribution in [0.25, 0.3) is 0 Å². The average molecular weight is 287 g/mol. The van der Waals surface area contributed by atoms with Crippen molar-refractivity contribution in [3.8, 4) is 0 Å². The van der Waals surface area contributed by atoms with Gasteiger partial charge in [-0.25, -0.2) is 0 Å². The molecular formula is C16H21N3O2. The summed E-state index contributed by atoms with van der Waals surface area (Å²) < 4.78 is 0. The molecule has 0 aliphatic carbocycles. The van der Waals surface area contributed by atoms with Crippen LogP contribution in [-0.2, 0) is 16.1 Å². The molecule has 0 radical (unpaired) electrons. The van der Waals surface area contributed by atoms with Crippen LogP contribution in [0.15, 0.2) is 37.2 Å². The van der Waals surface area contributed by atoms with Crippen molar-refractivity contribution < 1.29 is 9.59 Å². The molecule has 0 saturated carbocycles. The number of likely N-dealkylation sites (tertiary alicyclic amines) is 1. The predicted octanol–water partition coefficient (Wildman–Crippen LogP) is 1.46. The summed E-state index contributed by atoms with van der Waals surface area (Å²) in [6.07, 6.45) is 6.26. The molecule has 1 fully saturated rings. The molecule has 5 heteroatoms. The Balaban J connectivity index is 1.86. The third-order valence-corrected chi connectivity index (χ3v) is 3.85. The molecule has 1 aromatic rings. The standard InChI is InChI=1S/C16H21N3O2/c1-3-15(20)19-9-6-14(7-10-19)16(21)18(2)12-13-5-4-8-17-11-13/h3-5,8,11,14H,1,6-7,9-10,12H2,2H3. The predicted molar refractivity (Wildman–Crippen MR) is 80.2 cm³/mol. The Morgan fingerprint density at radius 1 is 1.48 bits per heavy atom. The summed E-state index contributed by atoms with van der Waals surface area (Å²) in [4.78, 5) is 31.5. The first kappa shape index (κ1) is 15.2. The van der Waals surface area contributed by atoms with Gasteiger partial charge in [-0.05, 0) is 30.5 Å². The highest BCUT2D eigenvalue weighted by Gasteiger charge is 2.28. The average Bonchev–Trinajstić information content (AvgIpc) is 2.54. The van der Waals surface area contributed by atoms with Crippen molar-refractivity contribution in [1.29, 1.82) is 0 Å². The van der Waals surface area contributed by atoms with E-state index in [1.54, 1.807) is 22.2 Å². The maximum atomic E-state index is 12.4. The molecule has 21 heavy (non-hydrogen) atoms. The van der Waals surface area contributed by atoms with Gasteiger partial charge in [0.25, 0.3) is 0 Å². The number of nitrogens with zero attached hydrogens (tertiary/aromatic N) is 3. The Kier molecular flexibility index (Phi) is 5.09. The molecule has 1 saturated heterocycles. The molecule has 2 amide bonds. The number of hydrogen-bond acceptors (Lipinski definition) is 3. The molecule has 1 aliphatic rings. The van der Waals surface area contributed by atoms with Gasteiger partial charge < -0.3 is 9.80 Å². The second kappa shape index (κ2) is 7.02. The maximum absolute atomic E-state index is 12.4. The van der Waals surface area contributed by atoms with Crippen LogP contribution in [0.3, 0.4) is 0 Å². The summed E-state index contributed by atoms with van der Waals surface area (Å²) >= 11 is 0. The van der Waals surface area contributed by atoms with E-state index in [-0.39, 0.29) is 17.7 Å². The third kappa shape index (κ3) is 3.90. The Bertz CT molecular complexity index is 508. The van der Waals surface area contributed by atoms with Crippen molar-refractivity contribution in [2.45, 2.75) is 19.4 Å². The third-order valence-electron chi connectivity index (χ3n) is 3.85. The Labute approximate surface area is 125 Å². The molecule has 1 aromatic heterocycles. The van der Waals surface area contributed by atoms with Gasteiger partial charge in [-0.2, -0.15) is 0 Å². The normalized spacial score (nSPS) is 15.6. The van der Waals surface area contributed by atoms with Crippen LogP contribution >= 0.6 is 0 Å². The first-order valence-electron chi connectivity index (χ1n) is 7.17. The quantitative estimate of drug-likeness (QED) is 0.788. The zero-order valence-corrected chi connectivity index (χ0v) is 12.4.